The summed E-state index contributed by atoms with van der Waals surface area (Å²) in [7, 11) is 0. The Morgan fingerprint density at radius 2 is 1.69 bits per heavy atom. The van der Waals surface area contributed by atoms with Gasteiger partial charge in [0, 0.05) is 61.5 Å². The van der Waals surface area contributed by atoms with E-state index in [0.29, 0.717) is 43.5 Å². The molecule has 8 nitrogen and oxygen atoms in total. The number of anilines is 1. The topological polar surface area (TPSA) is 93.2 Å². The van der Waals surface area contributed by atoms with Crippen LogP contribution in [-0.2, 0) is 9.59 Å². The summed E-state index contributed by atoms with van der Waals surface area (Å²) in [5.41, 5.74) is 0.981. The van der Waals surface area contributed by atoms with Gasteiger partial charge in [-0.25, -0.2) is 0 Å². The van der Waals surface area contributed by atoms with E-state index in [4.69, 9.17) is 23.2 Å². The highest BCUT2D eigenvalue weighted by Gasteiger charge is 2.35. The highest BCUT2D eigenvalue weighted by molar-refractivity contribution is 6.37. The molecule has 0 aromatic heterocycles. The van der Waals surface area contributed by atoms with Crippen molar-refractivity contribution in [2.45, 2.75) is 12.1 Å². The largest absolute Gasteiger partial charge is 0.380 e. The molecule has 2 aromatic rings. The Balaban J connectivity index is 1.31. The Morgan fingerprint density at radius 3 is 2.33 bits per heavy atom. The number of halogens is 2. The van der Waals surface area contributed by atoms with Crippen LogP contribution in [0, 0.1) is 0 Å². The molecule has 2 saturated heterocycles. The smallest absolute Gasteiger partial charge is 0.246 e. The number of nitrogens with one attached hydrogen (secondary N) is 1. The highest BCUT2D eigenvalue weighted by Crippen LogP contribution is 2.34. The van der Waals surface area contributed by atoms with Gasteiger partial charge >= 0.3 is 0 Å². The van der Waals surface area contributed by atoms with Crippen molar-refractivity contribution in [3.05, 3.63) is 76.3 Å². The second kappa shape index (κ2) is 11.4. The van der Waals surface area contributed by atoms with Gasteiger partial charge in [0.05, 0.1) is 17.3 Å². The second-order valence-electron chi connectivity index (χ2n) is 8.86. The zero-order valence-electron chi connectivity index (χ0n) is 19.7. The Bertz CT molecular complexity index is 1150. The van der Waals surface area contributed by atoms with Crippen molar-refractivity contribution in [2.75, 3.05) is 51.1 Å². The van der Waals surface area contributed by atoms with Crippen LogP contribution in [0.4, 0.5) is 5.69 Å². The van der Waals surface area contributed by atoms with Gasteiger partial charge in [0.2, 0.25) is 11.8 Å². The van der Waals surface area contributed by atoms with Gasteiger partial charge in [-0.2, -0.15) is 0 Å². The number of aliphatic hydroxyl groups excluding tert-OH is 1. The van der Waals surface area contributed by atoms with E-state index < -0.39 is 11.9 Å². The molecule has 1 atom stereocenters. The van der Waals surface area contributed by atoms with E-state index in [-0.39, 0.29) is 34.0 Å². The molecule has 2 heterocycles. The Kier molecular flexibility index (Phi) is 8.31. The maximum atomic E-state index is 12.8. The van der Waals surface area contributed by atoms with E-state index in [9.17, 15) is 19.5 Å². The lowest BCUT2D eigenvalue weighted by atomic mass is 9.99. The number of piperazine rings is 1. The number of benzene rings is 2. The number of amides is 2. The average molecular weight is 531 g/mol. The minimum Gasteiger partial charge on any atom is -0.380 e. The Hall–Kier alpha value is -2.91. The predicted octanol–water partition coefficient (Wildman–Crippen LogP) is 2.86. The van der Waals surface area contributed by atoms with Gasteiger partial charge in [-0.3, -0.25) is 19.3 Å². The van der Waals surface area contributed by atoms with Gasteiger partial charge in [-0.15, -0.1) is 0 Å². The predicted molar refractivity (Wildman–Crippen MR) is 139 cm³/mol. The molecule has 1 unspecified atom stereocenters. The number of carbonyl (C=O) groups is 3. The molecular weight excluding hydrogens is 503 g/mol. The van der Waals surface area contributed by atoms with Gasteiger partial charge in [0.15, 0.2) is 5.78 Å². The molecule has 2 aromatic carbocycles. The van der Waals surface area contributed by atoms with Crippen molar-refractivity contribution in [3.63, 3.8) is 0 Å². The van der Waals surface area contributed by atoms with Crippen molar-refractivity contribution in [3.8, 4) is 0 Å². The zero-order chi connectivity index (χ0) is 25.8. The third-order valence-electron chi connectivity index (χ3n) is 6.65. The van der Waals surface area contributed by atoms with Gasteiger partial charge in [0.25, 0.3) is 0 Å². The molecule has 4 rings (SSSR count). The summed E-state index contributed by atoms with van der Waals surface area (Å²) in [6.07, 6.45) is -0.136. The van der Waals surface area contributed by atoms with Crippen LogP contribution < -0.4 is 5.32 Å². The molecule has 2 aliphatic heterocycles. The van der Waals surface area contributed by atoms with Gasteiger partial charge in [-0.1, -0.05) is 60.1 Å². The van der Waals surface area contributed by atoms with Gasteiger partial charge < -0.3 is 20.2 Å². The maximum Gasteiger partial charge on any atom is 0.246 e. The van der Waals surface area contributed by atoms with Crippen LogP contribution >= 0.6 is 23.2 Å². The number of carbonyl (C=O) groups excluding carboxylic acids is 3. The lowest BCUT2D eigenvalue weighted by Gasteiger charge is -2.47. The van der Waals surface area contributed by atoms with E-state index >= 15 is 0 Å². The van der Waals surface area contributed by atoms with Gasteiger partial charge in [0.1, 0.15) is 6.10 Å². The number of ketones is 1. The molecule has 0 saturated carbocycles. The highest BCUT2D eigenvalue weighted by atomic mass is 35.5. The number of hydrogen-bond acceptors (Lipinski definition) is 6. The number of hydrogen-bond donors (Lipinski definition) is 2. The SMILES string of the molecule is C=CC(=O)N1CC(N2CCN(C(=O)CNc3cc(C(O)C(=O)c4ccccc4)c(Cl)cc3Cl)CC2)C1. The third-order valence-corrected chi connectivity index (χ3v) is 7.29. The lowest BCUT2D eigenvalue weighted by Crippen LogP contribution is -2.64. The minimum atomic E-state index is -1.47. The zero-order valence-corrected chi connectivity index (χ0v) is 21.2. The second-order valence-corrected chi connectivity index (χ2v) is 9.67. The van der Waals surface area contributed by atoms with Crippen LogP contribution in [0.3, 0.4) is 0 Å². The number of rotatable bonds is 8. The molecule has 0 radical (unpaired) electrons. The van der Waals surface area contributed by atoms with Crippen molar-refractivity contribution < 1.29 is 19.5 Å². The van der Waals surface area contributed by atoms with E-state index in [0.717, 1.165) is 13.1 Å². The van der Waals surface area contributed by atoms with E-state index in [1.807, 2.05) is 0 Å². The molecule has 36 heavy (non-hydrogen) atoms. The fourth-order valence-electron chi connectivity index (χ4n) is 4.43. The van der Waals surface area contributed by atoms with E-state index in [1.54, 1.807) is 40.1 Å². The molecule has 0 spiro atoms. The van der Waals surface area contributed by atoms with Crippen molar-refractivity contribution in [2.24, 2.45) is 0 Å². The monoisotopic (exact) mass is 530 g/mol. The van der Waals surface area contributed by atoms with E-state index in [2.05, 4.69) is 16.8 Å². The first-order chi connectivity index (χ1) is 17.3. The summed E-state index contributed by atoms with van der Waals surface area (Å²) in [4.78, 5) is 43.0. The molecule has 190 valence electrons. The quantitative estimate of drug-likeness (QED) is 0.402. The summed E-state index contributed by atoms with van der Waals surface area (Å²) < 4.78 is 0. The Morgan fingerprint density at radius 1 is 1.03 bits per heavy atom. The Labute approximate surface area is 220 Å². The van der Waals surface area contributed by atoms with Gasteiger partial charge in [-0.05, 0) is 18.2 Å². The summed E-state index contributed by atoms with van der Waals surface area (Å²) >= 11 is 12.6. The summed E-state index contributed by atoms with van der Waals surface area (Å²) in [6.45, 7) is 7.58. The molecule has 2 fully saturated rings. The van der Waals surface area contributed by atoms with Crippen LogP contribution in [0.15, 0.2) is 55.1 Å². The molecule has 10 heteroatoms. The molecule has 2 aliphatic rings. The van der Waals surface area contributed by atoms with Crippen LogP contribution in [0.1, 0.15) is 22.0 Å². The fourth-order valence-corrected chi connectivity index (χ4v) is 4.98. The number of aliphatic hydroxyl groups is 1. The summed E-state index contributed by atoms with van der Waals surface area (Å²) in [5.74, 6) is -0.615. The van der Waals surface area contributed by atoms with Crippen LogP contribution in [0.25, 0.3) is 0 Å². The number of likely N-dealkylation sites (tertiary alicyclic amines) is 1. The average Bonchev–Trinajstić information content (AvgIpc) is 2.87. The minimum absolute atomic E-state index is 0.00849. The third kappa shape index (κ3) is 5.73. The maximum absolute atomic E-state index is 12.8. The van der Waals surface area contributed by atoms with Crippen molar-refractivity contribution >= 4 is 46.5 Å². The van der Waals surface area contributed by atoms with Crippen molar-refractivity contribution in [1.82, 2.24) is 14.7 Å². The molecule has 0 aliphatic carbocycles. The van der Waals surface area contributed by atoms with E-state index in [1.165, 1.54) is 18.2 Å². The standard InChI is InChI=1S/C26H28Cl2N4O4/c1-2-23(33)32-15-18(16-32)30-8-10-31(11-9-30)24(34)14-29-22-12-19(20(27)13-21(22)28)26(36)25(35)17-6-4-3-5-7-17/h2-7,12-13,18,26,29,36H,1,8-11,14-16H2. The first kappa shape index (κ1) is 26.2. The molecule has 2 amide bonds. The normalized spacial score (nSPS) is 17.3. The van der Waals surface area contributed by atoms with Crippen LogP contribution in [0.2, 0.25) is 10.0 Å². The molecule has 0 bridgehead atoms. The number of nitrogens with zero attached hydrogens (tertiary/aromatic N) is 3. The van der Waals surface area contributed by atoms with Crippen LogP contribution in [-0.4, -0.2) is 89.3 Å². The summed E-state index contributed by atoms with van der Waals surface area (Å²) in [6, 6.07) is 11.7. The van der Waals surface area contributed by atoms with Crippen LogP contribution in [0.5, 0.6) is 0 Å². The lowest BCUT2D eigenvalue weighted by molar-refractivity contribution is -0.135. The first-order valence-electron chi connectivity index (χ1n) is 11.7. The molecular formula is C26H28Cl2N4O4. The number of Topliss-reactive ketones (excluding diaryl/α,β-unsaturated/α-hetero) is 1. The van der Waals surface area contributed by atoms with Crippen molar-refractivity contribution in [1.29, 1.82) is 0 Å². The molecule has 2 N–H and O–H groups in total. The first-order valence-corrected chi connectivity index (χ1v) is 12.5. The fraction of sp³-hybridized carbons (Fsp3) is 0.346. The summed E-state index contributed by atoms with van der Waals surface area (Å²) in [5, 5.41) is 14.1.